The van der Waals surface area contributed by atoms with Gasteiger partial charge in [-0.1, -0.05) is 48.3 Å². The smallest absolute Gasteiger partial charge is 0.273 e. The average Bonchev–Trinajstić information content (AvgIpc) is 3.04. The molecular formula is C17H22BrN3O2. The number of nitrogens with zero attached hydrogens (tertiary/aromatic N) is 1. The third-order valence-corrected chi connectivity index (χ3v) is 4.54. The predicted octanol–water partition coefficient (Wildman–Crippen LogP) is 3.97. The predicted molar refractivity (Wildman–Crippen MR) is 92.9 cm³/mol. The van der Waals surface area contributed by atoms with Crippen LogP contribution in [0.1, 0.15) is 61.2 Å². The first-order valence-corrected chi connectivity index (χ1v) is 8.49. The molecule has 0 spiro atoms. The van der Waals surface area contributed by atoms with E-state index in [-0.39, 0.29) is 29.6 Å². The van der Waals surface area contributed by atoms with E-state index in [9.17, 15) is 4.79 Å². The number of nitrogens with two attached hydrogens (primary N) is 1. The number of benzene rings is 1. The van der Waals surface area contributed by atoms with Gasteiger partial charge in [-0.25, -0.2) is 4.98 Å². The molecule has 0 aliphatic heterocycles. The van der Waals surface area contributed by atoms with Gasteiger partial charge in [0.2, 0.25) is 5.89 Å². The highest BCUT2D eigenvalue weighted by Gasteiger charge is 2.21. The number of oxazole rings is 1. The van der Waals surface area contributed by atoms with Gasteiger partial charge in [-0.3, -0.25) is 4.79 Å². The van der Waals surface area contributed by atoms with Crippen molar-refractivity contribution >= 4 is 21.8 Å². The molecule has 1 aromatic carbocycles. The summed E-state index contributed by atoms with van der Waals surface area (Å²) in [6.45, 7) is 6.01. The fourth-order valence-electron chi connectivity index (χ4n) is 2.15. The summed E-state index contributed by atoms with van der Waals surface area (Å²) in [7, 11) is 0. The lowest BCUT2D eigenvalue weighted by Crippen LogP contribution is -2.27. The number of hydrogen-bond donors (Lipinski definition) is 2. The van der Waals surface area contributed by atoms with Crippen molar-refractivity contribution in [1.82, 2.24) is 10.3 Å². The van der Waals surface area contributed by atoms with Crippen molar-refractivity contribution in [2.24, 2.45) is 11.7 Å². The zero-order valence-corrected chi connectivity index (χ0v) is 15.1. The molecule has 3 atom stereocenters. The Kier molecular flexibility index (Phi) is 5.96. The molecule has 2 aromatic rings. The molecule has 5 nitrogen and oxygen atoms in total. The maximum Gasteiger partial charge on any atom is 0.273 e. The van der Waals surface area contributed by atoms with Gasteiger partial charge < -0.3 is 15.5 Å². The summed E-state index contributed by atoms with van der Waals surface area (Å²) in [5.41, 5.74) is 7.34. The maximum absolute atomic E-state index is 12.3. The van der Waals surface area contributed by atoms with Gasteiger partial charge in [-0.05, 0) is 30.5 Å². The van der Waals surface area contributed by atoms with Crippen LogP contribution >= 0.6 is 15.9 Å². The van der Waals surface area contributed by atoms with E-state index in [1.165, 1.54) is 6.26 Å². The summed E-state index contributed by atoms with van der Waals surface area (Å²) < 4.78 is 6.37. The number of halogens is 1. The summed E-state index contributed by atoms with van der Waals surface area (Å²) in [4.78, 5) is 16.5. The summed E-state index contributed by atoms with van der Waals surface area (Å²) in [6, 6.07) is 7.38. The summed E-state index contributed by atoms with van der Waals surface area (Å²) in [6.07, 6.45) is 2.28. The van der Waals surface area contributed by atoms with Crippen LogP contribution in [0, 0.1) is 5.92 Å². The quantitative estimate of drug-likeness (QED) is 0.795. The monoisotopic (exact) mass is 379 g/mol. The lowest BCUT2D eigenvalue weighted by molar-refractivity contribution is 0.0934. The largest absolute Gasteiger partial charge is 0.446 e. The second kappa shape index (κ2) is 7.75. The molecule has 6 heteroatoms. The Balaban J connectivity index is 2.03. The van der Waals surface area contributed by atoms with Gasteiger partial charge in [-0.15, -0.1) is 0 Å². The lowest BCUT2D eigenvalue weighted by atomic mass is 10.0. The molecule has 3 unspecified atom stereocenters. The minimum atomic E-state index is -0.301. The fourth-order valence-corrected chi connectivity index (χ4v) is 2.41. The number of hydrogen-bond acceptors (Lipinski definition) is 4. The van der Waals surface area contributed by atoms with Crippen molar-refractivity contribution in [2.45, 2.75) is 39.3 Å². The number of amides is 1. The Morgan fingerprint density at radius 2 is 2.00 bits per heavy atom. The SMILES string of the molecule is CCC(C)C(N)c1nc(C(=O)NC(C)c2ccc(Br)cc2)co1. The summed E-state index contributed by atoms with van der Waals surface area (Å²) >= 11 is 3.39. The Bertz CT molecular complexity index is 654. The molecule has 0 saturated carbocycles. The Morgan fingerprint density at radius 3 is 2.61 bits per heavy atom. The Morgan fingerprint density at radius 1 is 1.35 bits per heavy atom. The molecule has 23 heavy (non-hydrogen) atoms. The topological polar surface area (TPSA) is 81.1 Å². The third-order valence-electron chi connectivity index (χ3n) is 4.01. The van der Waals surface area contributed by atoms with Crippen molar-refractivity contribution in [1.29, 1.82) is 0 Å². The van der Waals surface area contributed by atoms with Gasteiger partial charge in [0.25, 0.3) is 5.91 Å². The fraction of sp³-hybridized carbons (Fsp3) is 0.412. The van der Waals surface area contributed by atoms with Crippen LogP contribution in [0.4, 0.5) is 0 Å². The molecule has 1 heterocycles. The zero-order chi connectivity index (χ0) is 17.0. The molecular weight excluding hydrogens is 358 g/mol. The van der Waals surface area contributed by atoms with E-state index in [1.807, 2.05) is 38.1 Å². The van der Waals surface area contributed by atoms with E-state index in [0.29, 0.717) is 5.89 Å². The van der Waals surface area contributed by atoms with E-state index in [2.05, 4.69) is 33.2 Å². The van der Waals surface area contributed by atoms with E-state index >= 15 is 0 Å². The highest BCUT2D eigenvalue weighted by atomic mass is 79.9. The Labute approximate surface area is 144 Å². The second-order valence-electron chi connectivity index (χ2n) is 5.73. The van der Waals surface area contributed by atoms with Crippen molar-refractivity contribution < 1.29 is 9.21 Å². The zero-order valence-electron chi connectivity index (χ0n) is 13.5. The molecule has 0 aliphatic carbocycles. The standard InChI is InChI=1S/C17H22BrN3O2/c1-4-10(2)15(19)17-21-14(9-23-17)16(22)20-11(3)12-5-7-13(18)8-6-12/h5-11,15H,4,19H2,1-3H3,(H,20,22). The van der Waals surface area contributed by atoms with Gasteiger partial charge in [0.1, 0.15) is 6.26 Å². The van der Waals surface area contributed by atoms with Gasteiger partial charge in [0.15, 0.2) is 5.69 Å². The number of rotatable bonds is 6. The minimum absolute atomic E-state index is 0.126. The van der Waals surface area contributed by atoms with Crippen molar-refractivity contribution in [3.05, 3.63) is 52.1 Å². The van der Waals surface area contributed by atoms with Crippen molar-refractivity contribution in [3.8, 4) is 0 Å². The molecule has 0 fully saturated rings. The van der Waals surface area contributed by atoms with Gasteiger partial charge >= 0.3 is 0 Å². The number of nitrogens with one attached hydrogen (secondary N) is 1. The molecule has 0 bridgehead atoms. The molecule has 0 aliphatic rings. The van der Waals surface area contributed by atoms with Crippen LogP contribution in [0.5, 0.6) is 0 Å². The van der Waals surface area contributed by atoms with E-state index < -0.39 is 0 Å². The van der Waals surface area contributed by atoms with E-state index in [4.69, 9.17) is 10.2 Å². The van der Waals surface area contributed by atoms with Crippen LogP contribution < -0.4 is 11.1 Å². The summed E-state index contributed by atoms with van der Waals surface area (Å²) in [5, 5.41) is 2.91. The molecule has 1 aromatic heterocycles. The average molecular weight is 380 g/mol. The normalized spacial score (nSPS) is 15.0. The van der Waals surface area contributed by atoms with Crippen LogP contribution in [0.2, 0.25) is 0 Å². The molecule has 0 radical (unpaired) electrons. The molecule has 3 N–H and O–H groups in total. The first-order valence-electron chi connectivity index (χ1n) is 7.69. The minimum Gasteiger partial charge on any atom is -0.446 e. The number of carbonyl (C=O) groups excluding carboxylic acids is 1. The van der Waals surface area contributed by atoms with Crippen LogP contribution in [-0.4, -0.2) is 10.9 Å². The highest BCUT2D eigenvalue weighted by Crippen LogP contribution is 2.21. The van der Waals surface area contributed by atoms with Crippen LogP contribution in [0.3, 0.4) is 0 Å². The Hall–Kier alpha value is -1.66. The van der Waals surface area contributed by atoms with Gasteiger partial charge in [0, 0.05) is 4.47 Å². The number of aromatic nitrogens is 1. The second-order valence-corrected chi connectivity index (χ2v) is 6.64. The number of carbonyl (C=O) groups is 1. The molecule has 1 amide bonds. The van der Waals surface area contributed by atoms with Gasteiger partial charge in [-0.2, -0.15) is 0 Å². The molecule has 124 valence electrons. The highest BCUT2D eigenvalue weighted by molar-refractivity contribution is 9.10. The van der Waals surface area contributed by atoms with Crippen molar-refractivity contribution in [2.75, 3.05) is 0 Å². The van der Waals surface area contributed by atoms with Crippen LogP contribution in [0.15, 0.2) is 39.4 Å². The van der Waals surface area contributed by atoms with Crippen LogP contribution in [-0.2, 0) is 0 Å². The summed E-state index contributed by atoms with van der Waals surface area (Å²) in [5.74, 6) is 0.374. The molecule has 0 saturated heterocycles. The lowest BCUT2D eigenvalue weighted by Gasteiger charge is -2.14. The maximum atomic E-state index is 12.3. The first kappa shape index (κ1) is 17.7. The third kappa shape index (κ3) is 4.42. The first-order chi connectivity index (χ1) is 10.9. The van der Waals surface area contributed by atoms with E-state index in [1.54, 1.807) is 0 Å². The molecule has 2 rings (SSSR count). The van der Waals surface area contributed by atoms with E-state index in [0.717, 1.165) is 16.5 Å². The van der Waals surface area contributed by atoms with Crippen LogP contribution in [0.25, 0.3) is 0 Å². The van der Waals surface area contributed by atoms with Crippen molar-refractivity contribution in [3.63, 3.8) is 0 Å². The van der Waals surface area contributed by atoms with Gasteiger partial charge in [0.05, 0.1) is 12.1 Å².